The molecule has 4 nitrogen and oxygen atoms in total. The third-order valence-corrected chi connectivity index (χ3v) is 8.61. The van der Waals surface area contributed by atoms with Gasteiger partial charge in [-0.05, 0) is 79.5 Å². The maximum absolute atomic E-state index is 10.8. The van der Waals surface area contributed by atoms with Gasteiger partial charge in [-0.1, -0.05) is 17.7 Å². The molecule has 2 unspecified atom stereocenters. The Morgan fingerprint density at radius 2 is 1.97 bits per heavy atom. The highest BCUT2D eigenvalue weighted by atomic mass is 35.5. The fourth-order valence-corrected chi connectivity index (χ4v) is 6.97. The normalized spacial score (nSPS) is 24.4. The van der Waals surface area contributed by atoms with Crippen LogP contribution in [-0.2, 0) is 0 Å². The number of furan rings is 1. The van der Waals surface area contributed by atoms with Gasteiger partial charge in [0.05, 0.1) is 11.6 Å². The number of thiophene rings is 1. The highest BCUT2D eigenvalue weighted by molar-refractivity contribution is 7.19. The van der Waals surface area contributed by atoms with Crippen LogP contribution in [0.1, 0.15) is 36.5 Å². The van der Waals surface area contributed by atoms with Crippen molar-refractivity contribution in [1.82, 2.24) is 4.90 Å². The lowest BCUT2D eigenvalue weighted by Crippen LogP contribution is -2.47. The lowest BCUT2D eigenvalue weighted by molar-refractivity contribution is 0.0323. The molecule has 0 amide bonds. The number of fused-ring (bicyclic) bond motifs is 4. The van der Waals surface area contributed by atoms with Crippen LogP contribution in [0.3, 0.4) is 0 Å². The molecule has 2 fully saturated rings. The first-order valence-corrected chi connectivity index (χ1v) is 12.6. The van der Waals surface area contributed by atoms with Gasteiger partial charge in [0.2, 0.25) is 0 Å². The molecule has 0 spiro atoms. The van der Waals surface area contributed by atoms with Gasteiger partial charge in [-0.15, -0.1) is 11.3 Å². The Kier molecular flexibility index (Phi) is 5.38. The summed E-state index contributed by atoms with van der Waals surface area (Å²) in [5.41, 5.74) is 0.806. The summed E-state index contributed by atoms with van der Waals surface area (Å²) in [6, 6.07) is 17.3. The van der Waals surface area contributed by atoms with E-state index in [0.717, 1.165) is 21.7 Å². The van der Waals surface area contributed by atoms with E-state index in [0.29, 0.717) is 31.2 Å². The number of rotatable bonds is 6. The smallest absolute Gasteiger partial charge is 0.137 e. The van der Waals surface area contributed by atoms with E-state index < -0.39 is 6.10 Å². The van der Waals surface area contributed by atoms with Crippen molar-refractivity contribution in [2.24, 2.45) is 0 Å². The summed E-state index contributed by atoms with van der Waals surface area (Å²) in [5.74, 6) is 1.37. The van der Waals surface area contributed by atoms with E-state index in [1.54, 1.807) is 6.26 Å². The van der Waals surface area contributed by atoms with Crippen LogP contribution < -0.4 is 4.74 Å². The SMILES string of the molecule is O[C@H](COc1cccc2occc12)CN1C2CCC1CC(c1cc3cc(Cl)ccc3s1)C2. The van der Waals surface area contributed by atoms with Crippen LogP contribution in [0.5, 0.6) is 5.75 Å². The maximum atomic E-state index is 10.8. The minimum absolute atomic E-state index is 0.292. The highest BCUT2D eigenvalue weighted by Gasteiger charge is 2.42. The molecule has 6 heteroatoms. The van der Waals surface area contributed by atoms with Gasteiger partial charge in [0.1, 0.15) is 24.0 Å². The lowest BCUT2D eigenvalue weighted by Gasteiger charge is -2.39. The predicted octanol–water partition coefficient (Wildman–Crippen LogP) is 6.45. The van der Waals surface area contributed by atoms with Crippen LogP contribution in [-0.4, -0.2) is 41.3 Å². The zero-order valence-electron chi connectivity index (χ0n) is 17.7. The van der Waals surface area contributed by atoms with Crippen molar-refractivity contribution >= 4 is 44.0 Å². The first kappa shape index (κ1) is 20.5. The number of hydrogen-bond donors (Lipinski definition) is 1. The van der Waals surface area contributed by atoms with E-state index in [2.05, 4.69) is 23.1 Å². The number of benzene rings is 2. The van der Waals surface area contributed by atoms with Gasteiger partial charge in [-0.25, -0.2) is 0 Å². The largest absolute Gasteiger partial charge is 0.490 e. The van der Waals surface area contributed by atoms with Crippen molar-refractivity contribution in [3.63, 3.8) is 0 Å². The summed E-state index contributed by atoms with van der Waals surface area (Å²) in [6.07, 6.45) is 5.93. The van der Waals surface area contributed by atoms with Crippen LogP contribution in [0.4, 0.5) is 0 Å². The van der Waals surface area contributed by atoms with E-state index in [1.165, 1.54) is 40.6 Å². The molecular weight excluding hydrogens is 442 g/mol. The zero-order chi connectivity index (χ0) is 21.7. The number of ether oxygens (including phenoxy) is 1. The topological polar surface area (TPSA) is 45.8 Å². The minimum atomic E-state index is -0.511. The molecule has 0 aliphatic carbocycles. The lowest BCUT2D eigenvalue weighted by atomic mass is 9.89. The summed E-state index contributed by atoms with van der Waals surface area (Å²) >= 11 is 8.10. The van der Waals surface area contributed by atoms with Crippen LogP contribution in [0.25, 0.3) is 21.1 Å². The van der Waals surface area contributed by atoms with Gasteiger partial charge in [0.15, 0.2) is 0 Å². The van der Waals surface area contributed by atoms with E-state index in [-0.39, 0.29) is 0 Å². The quantitative estimate of drug-likeness (QED) is 0.354. The fourth-order valence-electron chi connectivity index (χ4n) is 5.61. The van der Waals surface area contributed by atoms with Crippen LogP contribution in [0.2, 0.25) is 5.02 Å². The van der Waals surface area contributed by atoms with E-state index in [4.69, 9.17) is 20.8 Å². The predicted molar refractivity (Wildman–Crippen MR) is 130 cm³/mol. The van der Waals surface area contributed by atoms with Gasteiger partial charge >= 0.3 is 0 Å². The first-order chi connectivity index (χ1) is 15.6. The third-order valence-electron chi connectivity index (χ3n) is 7.09. The molecule has 6 rings (SSSR count). The van der Waals surface area contributed by atoms with Crippen molar-refractivity contribution in [3.05, 3.63) is 64.7 Å². The minimum Gasteiger partial charge on any atom is -0.490 e. The molecule has 0 saturated carbocycles. The molecule has 2 aromatic heterocycles. The third kappa shape index (κ3) is 3.81. The Labute approximate surface area is 196 Å². The van der Waals surface area contributed by atoms with Gasteiger partial charge in [0, 0.05) is 33.2 Å². The molecule has 4 heterocycles. The number of nitrogens with zero attached hydrogens (tertiary/aromatic N) is 1. The van der Waals surface area contributed by atoms with Gasteiger partial charge in [0.25, 0.3) is 0 Å². The summed E-state index contributed by atoms with van der Waals surface area (Å²) in [6.45, 7) is 0.964. The number of hydrogen-bond acceptors (Lipinski definition) is 5. The van der Waals surface area contributed by atoms with E-state index in [9.17, 15) is 5.11 Å². The molecule has 1 N–H and O–H groups in total. The van der Waals surface area contributed by atoms with Crippen LogP contribution in [0.15, 0.2) is 59.2 Å². The monoisotopic (exact) mass is 467 g/mol. The molecule has 4 aromatic rings. The van der Waals surface area contributed by atoms with Crippen LogP contribution in [0, 0.1) is 0 Å². The molecule has 0 radical (unpaired) electrons. The second kappa shape index (κ2) is 8.38. The molecule has 2 aliphatic rings. The van der Waals surface area contributed by atoms with Crippen molar-refractivity contribution in [2.45, 2.75) is 49.8 Å². The second-order valence-corrected chi connectivity index (χ2v) is 10.7. The van der Waals surface area contributed by atoms with Crippen molar-refractivity contribution in [3.8, 4) is 5.75 Å². The number of aliphatic hydroxyl groups excluding tert-OH is 1. The molecule has 2 aromatic carbocycles. The van der Waals surface area contributed by atoms with Gasteiger partial charge < -0.3 is 14.3 Å². The average Bonchev–Trinajstić information content (AvgIpc) is 3.48. The van der Waals surface area contributed by atoms with Gasteiger partial charge in [-0.3, -0.25) is 4.90 Å². The maximum Gasteiger partial charge on any atom is 0.137 e. The van der Waals surface area contributed by atoms with Crippen molar-refractivity contribution in [1.29, 1.82) is 0 Å². The summed E-state index contributed by atoms with van der Waals surface area (Å²) < 4.78 is 12.7. The number of halogens is 1. The summed E-state index contributed by atoms with van der Waals surface area (Å²) in [7, 11) is 0. The van der Waals surface area contributed by atoms with Crippen molar-refractivity contribution in [2.75, 3.05) is 13.2 Å². The molecule has 32 heavy (non-hydrogen) atoms. The first-order valence-electron chi connectivity index (χ1n) is 11.4. The van der Waals surface area contributed by atoms with E-state index >= 15 is 0 Å². The Hall–Kier alpha value is -2.05. The highest BCUT2D eigenvalue weighted by Crippen LogP contribution is 2.46. The number of aliphatic hydroxyl groups is 1. The summed E-state index contributed by atoms with van der Waals surface area (Å²) in [4.78, 5) is 4.02. The Morgan fingerprint density at radius 1 is 1.12 bits per heavy atom. The van der Waals surface area contributed by atoms with Gasteiger partial charge in [-0.2, -0.15) is 0 Å². The molecule has 166 valence electrons. The molecule has 2 saturated heterocycles. The molecule has 3 atom stereocenters. The average molecular weight is 468 g/mol. The standard InChI is InChI=1S/C26H26ClNO3S/c27-18-4-7-25-16(10-18)13-26(32-25)17-11-19-5-6-20(12-17)28(19)14-21(29)15-31-24-3-1-2-23-22(24)8-9-30-23/h1-4,7-10,13,17,19-21,29H,5-6,11-12,14-15H2/t17?,19?,20?,21-/m0/s1. The molecule has 2 bridgehead atoms. The number of piperidine rings is 1. The van der Waals surface area contributed by atoms with E-state index in [1.807, 2.05) is 41.7 Å². The van der Waals surface area contributed by atoms with Crippen LogP contribution >= 0.6 is 22.9 Å². The Morgan fingerprint density at radius 3 is 2.81 bits per heavy atom. The molecular formula is C26H26ClNO3S. The Bertz CT molecular complexity index is 1240. The second-order valence-electron chi connectivity index (χ2n) is 9.13. The summed E-state index contributed by atoms with van der Waals surface area (Å²) in [5, 5.41) is 13.8. The zero-order valence-corrected chi connectivity index (χ0v) is 19.3. The molecule has 2 aliphatic heterocycles. The van der Waals surface area contributed by atoms with Crippen molar-refractivity contribution < 1.29 is 14.3 Å². The fraction of sp³-hybridized carbons (Fsp3) is 0.385. The Balaban J connectivity index is 1.10.